The van der Waals surface area contributed by atoms with Crippen LogP contribution in [0.2, 0.25) is 0 Å². The van der Waals surface area contributed by atoms with E-state index < -0.39 is 18.0 Å². The highest BCUT2D eigenvalue weighted by Crippen LogP contribution is 2.43. The Kier molecular flexibility index (Phi) is 5.69. The lowest BCUT2D eigenvalue weighted by atomic mass is 9.97. The van der Waals surface area contributed by atoms with Gasteiger partial charge in [-0.2, -0.15) is 0 Å². The highest BCUT2D eigenvalue weighted by molar-refractivity contribution is 5.70. The minimum atomic E-state index is -0.901. The van der Waals surface area contributed by atoms with Crippen molar-refractivity contribution >= 4 is 5.97 Å². The summed E-state index contributed by atoms with van der Waals surface area (Å²) in [7, 11) is 0. The molecule has 0 aliphatic heterocycles. The molecule has 0 amide bonds. The molecule has 0 heterocycles. The zero-order chi connectivity index (χ0) is 12.8. The van der Waals surface area contributed by atoms with E-state index in [2.05, 4.69) is 13.0 Å². The molecule has 0 bridgehead atoms. The van der Waals surface area contributed by atoms with E-state index in [0.29, 0.717) is 12.8 Å². The Bertz CT molecular complexity index is 273. The third-order valence-corrected chi connectivity index (χ3v) is 3.80. The summed E-state index contributed by atoms with van der Waals surface area (Å²) < 4.78 is 0. The topological polar surface area (TPSA) is 57.5 Å². The van der Waals surface area contributed by atoms with Crippen LogP contribution in [0.15, 0.2) is 12.2 Å². The molecular weight excluding hydrogens is 216 g/mol. The van der Waals surface area contributed by atoms with Gasteiger partial charge in [-0.25, -0.2) is 0 Å². The normalized spacial score (nSPS) is 27.0. The number of aliphatic hydroxyl groups excluding tert-OH is 1. The molecular formula is C14H24O3. The fraction of sp³-hybridized carbons (Fsp3) is 0.786. The number of aliphatic carboxylic acids is 1. The van der Waals surface area contributed by atoms with Gasteiger partial charge in [0.25, 0.3) is 0 Å². The third-order valence-electron chi connectivity index (χ3n) is 3.80. The van der Waals surface area contributed by atoms with Gasteiger partial charge < -0.3 is 10.2 Å². The van der Waals surface area contributed by atoms with Gasteiger partial charge in [0.05, 0.1) is 12.0 Å². The van der Waals surface area contributed by atoms with Crippen molar-refractivity contribution in [2.75, 3.05) is 0 Å². The number of hydrogen-bond acceptors (Lipinski definition) is 2. The van der Waals surface area contributed by atoms with Crippen LogP contribution in [0.3, 0.4) is 0 Å². The number of rotatable bonds is 8. The maximum atomic E-state index is 10.8. The number of carboxylic acid groups (broad SMARTS) is 1. The van der Waals surface area contributed by atoms with Crippen LogP contribution >= 0.6 is 0 Å². The fourth-order valence-electron chi connectivity index (χ4n) is 2.38. The molecule has 17 heavy (non-hydrogen) atoms. The summed E-state index contributed by atoms with van der Waals surface area (Å²) in [5.74, 6) is 0.187. The van der Waals surface area contributed by atoms with Crippen molar-refractivity contribution in [1.82, 2.24) is 0 Å². The van der Waals surface area contributed by atoms with Gasteiger partial charge in [-0.05, 0) is 37.5 Å². The Labute approximate surface area is 104 Å². The fourth-order valence-corrected chi connectivity index (χ4v) is 2.38. The lowest BCUT2D eigenvalue weighted by Gasteiger charge is -2.15. The number of hydrogen-bond donors (Lipinski definition) is 2. The number of carbonyl (C=O) groups is 1. The van der Waals surface area contributed by atoms with E-state index in [0.717, 1.165) is 18.3 Å². The highest BCUT2D eigenvalue weighted by atomic mass is 16.4. The second kappa shape index (κ2) is 6.80. The molecule has 1 fully saturated rings. The van der Waals surface area contributed by atoms with Gasteiger partial charge in [-0.15, -0.1) is 0 Å². The summed E-state index contributed by atoms with van der Waals surface area (Å²) in [6, 6.07) is 0. The summed E-state index contributed by atoms with van der Waals surface area (Å²) in [6.45, 7) is 4.01. The maximum Gasteiger partial charge on any atom is 0.309 e. The Hall–Kier alpha value is -0.830. The highest BCUT2D eigenvalue weighted by Gasteiger charge is 2.33. The molecule has 1 aliphatic rings. The second-order valence-corrected chi connectivity index (χ2v) is 5.03. The van der Waals surface area contributed by atoms with Gasteiger partial charge in [0, 0.05) is 0 Å². The van der Waals surface area contributed by atoms with Crippen molar-refractivity contribution in [3.63, 3.8) is 0 Å². The van der Waals surface area contributed by atoms with Gasteiger partial charge in [0.1, 0.15) is 0 Å². The lowest BCUT2D eigenvalue weighted by molar-refractivity contribution is -0.145. The van der Waals surface area contributed by atoms with E-state index in [4.69, 9.17) is 5.11 Å². The van der Waals surface area contributed by atoms with Crippen molar-refractivity contribution in [3.05, 3.63) is 12.2 Å². The number of aliphatic hydroxyl groups is 1. The summed E-state index contributed by atoms with van der Waals surface area (Å²) in [5, 5.41) is 18.6. The molecule has 3 nitrogen and oxygen atoms in total. The minimum absolute atomic E-state index is 0.453. The third kappa shape index (κ3) is 4.50. The summed E-state index contributed by atoms with van der Waals surface area (Å²) in [5.41, 5.74) is 0. The van der Waals surface area contributed by atoms with Crippen LogP contribution in [-0.2, 0) is 4.79 Å². The van der Waals surface area contributed by atoms with Crippen LogP contribution in [0.1, 0.15) is 46.0 Å². The van der Waals surface area contributed by atoms with E-state index in [1.165, 1.54) is 12.8 Å². The quantitative estimate of drug-likeness (QED) is 0.641. The van der Waals surface area contributed by atoms with E-state index in [1.54, 1.807) is 6.92 Å². The Morgan fingerprint density at radius 2 is 2.06 bits per heavy atom. The van der Waals surface area contributed by atoms with Crippen LogP contribution in [0.4, 0.5) is 0 Å². The standard InChI is InChI=1S/C14H24O3/c1-3-10-9-11(10)7-5-6-8-13(15)12(4-2)14(16)17/h5-6,10-13,15H,3-4,7-9H2,1-2H3,(H,16,17)/b6-5-/t10?,11?,12-,13-/m1/s1. The van der Waals surface area contributed by atoms with Crippen LogP contribution in [0.25, 0.3) is 0 Å². The van der Waals surface area contributed by atoms with Gasteiger partial charge >= 0.3 is 5.97 Å². The van der Waals surface area contributed by atoms with Crippen molar-refractivity contribution in [2.24, 2.45) is 17.8 Å². The predicted octanol–water partition coefficient (Wildman–Crippen LogP) is 2.84. The molecule has 2 N–H and O–H groups in total. The van der Waals surface area contributed by atoms with E-state index in [1.807, 2.05) is 6.08 Å². The number of allylic oxidation sites excluding steroid dienone is 1. The molecule has 4 atom stereocenters. The molecule has 0 radical (unpaired) electrons. The van der Waals surface area contributed by atoms with E-state index in [-0.39, 0.29) is 0 Å². The van der Waals surface area contributed by atoms with Crippen LogP contribution in [0.5, 0.6) is 0 Å². The zero-order valence-corrected chi connectivity index (χ0v) is 10.8. The van der Waals surface area contributed by atoms with Crippen molar-refractivity contribution in [2.45, 2.75) is 52.1 Å². The Morgan fingerprint density at radius 3 is 2.53 bits per heavy atom. The first-order valence-corrected chi connectivity index (χ1v) is 6.65. The minimum Gasteiger partial charge on any atom is -0.481 e. The van der Waals surface area contributed by atoms with Gasteiger partial charge in [0.15, 0.2) is 0 Å². The monoisotopic (exact) mass is 240 g/mol. The molecule has 0 aromatic rings. The first-order chi connectivity index (χ1) is 8.10. The van der Waals surface area contributed by atoms with E-state index >= 15 is 0 Å². The molecule has 0 saturated heterocycles. The summed E-state index contributed by atoms with van der Waals surface area (Å²) >= 11 is 0. The molecule has 98 valence electrons. The van der Waals surface area contributed by atoms with E-state index in [9.17, 15) is 9.90 Å². The smallest absolute Gasteiger partial charge is 0.309 e. The number of carboxylic acids is 1. The molecule has 2 unspecified atom stereocenters. The maximum absolute atomic E-state index is 10.8. The van der Waals surface area contributed by atoms with Gasteiger partial charge in [-0.1, -0.05) is 32.4 Å². The second-order valence-electron chi connectivity index (χ2n) is 5.03. The molecule has 1 aliphatic carbocycles. The summed E-state index contributed by atoms with van der Waals surface area (Å²) in [4.78, 5) is 10.8. The predicted molar refractivity (Wildman–Crippen MR) is 67.7 cm³/mol. The lowest BCUT2D eigenvalue weighted by Crippen LogP contribution is -2.26. The van der Waals surface area contributed by atoms with Crippen molar-refractivity contribution in [1.29, 1.82) is 0 Å². The van der Waals surface area contributed by atoms with Gasteiger partial charge in [-0.3, -0.25) is 4.79 Å². The molecule has 0 aromatic heterocycles. The van der Waals surface area contributed by atoms with Crippen LogP contribution in [-0.4, -0.2) is 22.3 Å². The summed E-state index contributed by atoms with van der Waals surface area (Å²) in [6.07, 6.45) is 7.87. The average Bonchev–Trinajstić information content (AvgIpc) is 3.03. The zero-order valence-electron chi connectivity index (χ0n) is 10.8. The first kappa shape index (κ1) is 14.2. The molecule has 3 heteroatoms. The molecule has 0 spiro atoms. The SMILES string of the molecule is CCC1CC1C/C=C\C[C@@H](O)[C@@H](CC)C(=O)O. The first-order valence-electron chi connectivity index (χ1n) is 6.65. The Balaban J connectivity index is 2.20. The van der Waals surface area contributed by atoms with Crippen molar-refractivity contribution < 1.29 is 15.0 Å². The van der Waals surface area contributed by atoms with Gasteiger partial charge in [0.2, 0.25) is 0 Å². The van der Waals surface area contributed by atoms with Crippen molar-refractivity contribution in [3.8, 4) is 0 Å². The largest absolute Gasteiger partial charge is 0.481 e. The Morgan fingerprint density at radius 1 is 1.35 bits per heavy atom. The molecule has 1 saturated carbocycles. The molecule has 0 aromatic carbocycles. The average molecular weight is 240 g/mol. The molecule has 1 rings (SSSR count). The van der Waals surface area contributed by atoms with Crippen LogP contribution in [0, 0.1) is 17.8 Å². The van der Waals surface area contributed by atoms with Crippen LogP contribution < -0.4 is 0 Å².